The lowest BCUT2D eigenvalue weighted by molar-refractivity contribution is 0.0939. The molecule has 1 aliphatic rings. The molecular formula is C12H18N2OS. The van der Waals surface area contributed by atoms with Gasteiger partial charge in [-0.25, -0.2) is 0 Å². The zero-order chi connectivity index (χ0) is 11.4. The third kappa shape index (κ3) is 2.83. The first kappa shape index (κ1) is 11.6. The summed E-state index contributed by atoms with van der Waals surface area (Å²) in [5.41, 5.74) is 1.07. The quantitative estimate of drug-likeness (QED) is 0.826. The summed E-state index contributed by atoms with van der Waals surface area (Å²) in [7, 11) is 0. The molecule has 1 aromatic rings. The summed E-state index contributed by atoms with van der Waals surface area (Å²) in [4.78, 5) is 12.8. The predicted octanol–water partition coefficient (Wildman–Crippen LogP) is 1.93. The average Bonchev–Trinajstić information content (AvgIpc) is 2.53. The maximum Gasteiger partial charge on any atom is 0.261 e. The van der Waals surface area contributed by atoms with Gasteiger partial charge in [0.25, 0.3) is 5.91 Å². The van der Waals surface area contributed by atoms with E-state index in [1.54, 1.807) is 0 Å². The summed E-state index contributed by atoms with van der Waals surface area (Å²) in [5, 5.41) is 8.43. The number of nitrogens with one attached hydrogen (secondary N) is 2. The number of amides is 1. The standard InChI is InChI=1S/C12H18N2OS/c1-9-5-7-16-11(9)12(15)14-10-4-2-3-6-13-8-10/h5,7,10,13H,2-4,6,8H2,1H3,(H,14,15). The maximum atomic E-state index is 12.0. The SMILES string of the molecule is Cc1ccsc1C(=O)NC1CCCCNC1. The molecule has 2 rings (SSSR count). The summed E-state index contributed by atoms with van der Waals surface area (Å²) in [6.45, 7) is 3.96. The van der Waals surface area contributed by atoms with Crippen molar-refractivity contribution >= 4 is 17.2 Å². The zero-order valence-electron chi connectivity index (χ0n) is 9.58. The number of carbonyl (C=O) groups excluding carboxylic acids is 1. The molecule has 1 atom stereocenters. The Labute approximate surface area is 100 Å². The normalized spacial score (nSPS) is 21.4. The molecule has 88 valence electrons. The van der Waals surface area contributed by atoms with Crippen molar-refractivity contribution in [2.45, 2.75) is 32.2 Å². The number of hydrogen-bond donors (Lipinski definition) is 2. The Morgan fingerprint density at radius 3 is 3.19 bits per heavy atom. The van der Waals surface area contributed by atoms with E-state index in [9.17, 15) is 4.79 Å². The molecule has 16 heavy (non-hydrogen) atoms. The molecule has 1 unspecified atom stereocenters. The van der Waals surface area contributed by atoms with Crippen molar-refractivity contribution in [3.63, 3.8) is 0 Å². The Morgan fingerprint density at radius 1 is 1.56 bits per heavy atom. The van der Waals surface area contributed by atoms with E-state index in [0.29, 0.717) is 0 Å². The third-order valence-corrected chi connectivity index (χ3v) is 3.97. The zero-order valence-corrected chi connectivity index (χ0v) is 10.4. The van der Waals surface area contributed by atoms with Gasteiger partial charge in [0.05, 0.1) is 4.88 Å². The van der Waals surface area contributed by atoms with Crippen LogP contribution in [0.15, 0.2) is 11.4 Å². The minimum atomic E-state index is 0.0844. The van der Waals surface area contributed by atoms with Gasteiger partial charge in [-0.2, -0.15) is 0 Å². The highest BCUT2D eigenvalue weighted by atomic mass is 32.1. The number of carbonyl (C=O) groups is 1. The largest absolute Gasteiger partial charge is 0.347 e. The monoisotopic (exact) mass is 238 g/mol. The van der Waals surface area contributed by atoms with Gasteiger partial charge >= 0.3 is 0 Å². The fourth-order valence-corrected chi connectivity index (χ4v) is 2.83. The molecule has 0 saturated carbocycles. The Hall–Kier alpha value is -0.870. The second kappa shape index (κ2) is 5.46. The first-order chi connectivity index (χ1) is 7.77. The minimum absolute atomic E-state index is 0.0844. The lowest BCUT2D eigenvalue weighted by atomic mass is 10.1. The van der Waals surface area contributed by atoms with Crippen LogP contribution in [0.5, 0.6) is 0 Å². The van der Waals surface area contributed by atoms with Gasteiger partial charge in [-0.1, -0.05) is 6.42 Å². The first-order valence-electron chi connectivity index (χ1n) is 5.83. The van der Waals surface area contributed by atoms with Crippen LogP contribution in [0.3, 0.4) is 0 Å². The molecule has 1 aromatic heterocycles. The topological polar surface area (TPSA) is 41.1 Å². The van der Waals surface area contributed by atoms with Crippen molar-refractivity contribution in [3.8, 4) is 0 Å². The molecule has 3 nitrogen and oxygen atoms in total. The Morgan fingerprint density at radius 2 is 2.44 bits per heavy atom. The summed E-state index contributed by atoms with van der Waals surface area (Å²) < 4.78 is 0. The Kier molecular flexibility index (Phi) is 3.96. The van der Waals surface area contributed by atoms with Gasteiger partial charge in [0.15, 0.2) is 0 Å². The second-order valence-electron chi connectivity index (χ2n) is 4.30. The number of thiophene rings is 1. The molecule has 2 N–H and O–H groups in total. The van der Waals surface area contributed by atoms with E-state index in [-0.39, 0.29) is 11.9 Å². The second-order valence-corrected chi connectivity index (χ2v) is 5.22. The van der Waals surface area contributed by atoms with E-state index < -0.39 is 0 Å². The van der Waals surface area contributed by atoms with E-state index in [1.165, 1.54) is 24.2 Å². The highest BCUT2D eigenvalue weighted by Crippen LogP contribution is 2.16. The minimum Gasteiger partial charge on any atom is -0.347 e. The van der Waals surface area contributed by atoms with Gasteiger partial charge < -0.3 is 10.6 Å². The van der Waals surface area contributed by atoms with Crippen LogP contribution in [0, 0.1) is 6.92 Å². The van der Waals surface area contributed by atoms with Crippen LogP contribution in [0.2, 0.25) is 0 Å². The highest BCUT2D eigenvalue weighted by molar-refractivity contribution is 7.12. The molecule has 2 heterocycles. The fourth-order valence-electron chi connectivity index (χ4n) is 2.00. The van der Waals surface area contributed by atoms with Crippen LogP contribution < -0.4 is 10.6 Å². The van der Waals surface area contributed by atoms with Crippen molar-refractivity contribution in [3.05, 3.63) is 21.9 Å². The lowest BCUT2D eigenvalue weighted by Crippen LogP contribution is -2.40. The van der Waals surface area contributed by atoms with E-state index in [2.05, 4.69) is 10.6 Å². The lowest BCUT2D eigenvalue weighted by Gasteiger charge is -2.15. The van der Waals surface area contributed by atoms with Gasteiger partial charge in [-0.3, -0.25) is 4.79 Å². The molecule has 1 fully saturated rings. The number of hydrogen-bond acceptors (Lipinski definition) is 3. The molecular weight excluding hydrogens is 220 g/mol. The van der Waals surface area contributed by atoms with Crippen LogP contribution >= 0.6 is 11.3 Å². The van der Waals surface area contributed by atoms with Gasteiger partial charge in [0, 0.05) is 12.6 Å². The van der Waals surface area contributed by atoms with Crippen molar-refractivity contribution in [1.29, 1.82) is 0 Å². The summed E-state index contributed by atoms with van der Waals surface area (Å²) >= 11 is 1.52. The van der Waals surface area contributed by atoms with Crippen molar-refractivity contribution in [2.24, 2.45) is 0 Å². The third-order valence-electron chi connectivity index (χ3n) is 2.95. The van der Waals surface area contributed by atoms with Crippen molar-refractivity contribution < 1.29 is 4.79 Å². The van der Waals surface area contributed by atoms with E-state index in [4.69, 9.17) is 0 Å². The number of aryl methyl sites for hydroxylation is 1. The van der Waals surface area contributed by atoms with Crippen LogP contribution in [0.1, 0.15) is 34.5 Å². The van der Waals surface area contributed by atoms with Gasteiger partial charge in [-0.15, -0.1) is 11.3 Å². The van der Waals surface area contributed by atoms with Gasteiger partial charge in [0.2, 0.25) is 0 Å². The summed E-state index contributed by atoms with van der Waals surface area (Å²) in [6, 6.07) is 2.28. The molecule has 1 saturated heterocycles. The van der Waals surface area contributed by atoms with Crippen LogP contribution in [-0.2, 0) is 0 Å². The molecule has 1 amide bonds. The number of rotatable bonds is 2. The Bertz CT molecular complexity index is 354. The molecule has 4 heteroatoms. The smallest absolute Gasteiger partial charge is 0.261 e. The molecule has 0 radical (unpaired) electrons. The van der Waals surface area contributed by atoms with Crippen LogP contribution in [-0.4, -0.2) is 25.0 Å². The van der Waals surface area contributed by atoms with E-state index >= 15 is 0 Å². The molecule has 0 aromatic carbocycles. The van der Waals surface area contributed by atoms with Crippen molar-refractivity contribution in [1.82, 2.24) is 10.6 Å². The highest BCUT2D eigenvalue weighted by Gasteiger charge is 2.17. The molecule has 0 aliphatic carbocycles. The summed E-state index contributed by atoms with van der Waals surface area (Å²) in [5.74, 6) is 0.0844. The van der Waals surface area contributed by atoms with E-state index in [0.717, 1.165) is 30.0 Å². The predicted molar refractivity (Wildman–Crippen MR) is 67.0 cm³/mol. The molecule has 1 aliphatic heterocycles. The molecule has 0 spiro atoms. The molecule has 0 bridgehead atoms. The summed E-state index contributed by atoms with van der Waals surface area (Å²) in [6.07, 6.45) is 3.49. The Balaban J connectivity index is 1.93. The fraction of sp³-hybridized carbons (Fsp3) is 0.583. The van der Waals surface area contributed by atoms with Crippen molar-refractivity contribution in [2.75, 3.05) is 13.1 Å². The van der Waals surface area contributed by atoms with Gasteiger partial charge in [-0.05, 0) is 43.3 Å². The van der Waals surface area contributed by atoms with E-state index in [1.807, 2.05) is 18.4 Å². The van der Waals surface area contributed by atoms with Crippen LogP contribution in [0.25, 0.3) is 0 Å². The average molecular weight is 238 g/mol. The van der Waals surface area contributed by atoms with Gasteiger partial charge in [0.1, 0.15) is 0 Å². The first-order valence-corrected chi connectivity index (χ1v) is 6.71. The van der Waals surface area contributed by atoms with Crippen LogP contribution in [0.4, 0.5) is 0 Å². The maximum absolute atomic E-state index is 12.0.